The lowest BCUT2D eigenvalue weighted by Gasteiger charge is -2.03. The molecule has 0 aliphatic heterocycles. The van der Waals surface area contributed by atoms with E-state index >= 15 is 0 Å². The summed E-state index contributed by atoms with van der Waals surface area (Å²) < 4.78 is 1.90. The van der Waals surface area contributed by atoms with Gasteiger partial charge in [-0.3, -0.25) is 14.8 Å². The van der Waals surface area contributed by atoms with E-state index in [0.29, 0.717) is 16.7 Å². The molecule has 140 valence electrons. The molecule has 0 unspecified atom stereocenters. The number of hydrogen-bond donors (Lipinski definition) is 2. The maximum Gasteiger partial charge on any atom is 0.213 e. The second-order valence-corrected chi connectivity index (χ2v) is 7.33. The SMILES string of the molecule is CCn1cc(-c2cnc3ccc(Sc4n[nH]c(C=CC(C)=N)n4)cc3c2)cn1. The zero-order valence-corrected chi connectivity index (χ0v) is 16.4. The predicted molar refractivity (Wildman–Crippen MR) is 112 cm³/mol. The smallest absolute Gasteiger partial charge is 0.213 e. The molecule has 3 aromatic heterocycles. The van der Waals surface area contributed by atoms with E-state index in [1.807, 2.05) is 35.4 Å². The van der Waals surface area contributed by atoms with Gasteiger partial charge in [-0.2, -0.15) is 5.10 Å². The van der Waals surface area contributed by atoms with E-state index in [1.165, 1.54) is 11.8 Å². The number of pyridine rings is 1. The number of H-pyrrole nitrogens is 1. The van der Waals surface area contributed by atoms with Gasteiger partial charge < -0.3 is 5.41 Å². The molecule has 4 aromatic rings. The summed E-state index contributed by atoms with van der Waals surface area (Å²) in [6, 6.07) is 8.24. The molecule has 0 bridgehead atoms. The highest BCUT2D eigenvalue weighted by Gasteiger charge is 2.07. The standard InChI is InChI=1S/C20H19N7S/c1-3-27-12-16(11-23-27)15-8-14-9-17(5-6-18(14)22-10-15)28-20-24-19(25-26-20)7-4-13(2)21/h4-12,21H,3H2,1-2H3,(H,24,25,26). The molecule has 2 N–H and O–H groups in total. The van der Waals surface area contributed by atoms with Gasteiger partial charge in [-0.1, -0.05) is 0 Å². The fourth-order valence-electron chi connectivity index (χ4n) is 2.70. The van der Waals surface area contributed by atoms with E-state index in [-0.39, 0.29) is 0 Å². The minimum absolute atomic E-state index is 0.466. The van der Waals surface area contributed by atoms with Gasteiger partial charge in [-0.25, -0.2) is 4.98 Å². The van der Waals surface area contributed by atoms with Crippen LogP contribution in [0.4, 0.5) is 0 Å². The van der Waals surface area contributed by atoms with Crippen LogP contribution >= 0.6 is 11.8 Å². The lowest BCUT2D eigenvalue weighted by molar-refractivity contribution is 0.660. The molecule has 0 atom stereocenters. The van der Waals surface area contributed by atoms with Crippen molar-refractivity contribution in [1.82, 2.24) is 29.9 Å². The van der Waals surface area contributed by atoms with Crippen LogP contribution < -0.4 is 0 Å². The number of rotatable bonds is 6. The highest BCUT2D eigenvalue weighted by molar-refractivity contribution is 7.99. The first-order valence-corrected chi connectivity index (χ1v) is 9.68. The quantitative estimate of drug-likeness (QED) is 0.475. The van der Waals surface area contributed by atoms with Gasteiger partial charge in [-0.15, -0.1) is 5.10 Å². The number of fused-ring (bicyclic) bond motifs is 1. The van der Waals surface area contributed by atoms with Crippen LogP contribution in [-0.2, 0) is 6.54 Å². The van der Waals surface area contributed by atoms with E-state index in [2.05, 4.69) is 44.3 Å². The molecule has 4 rings (SSSR count). The zero-order chi connectivity index (χ0) is 19.5. The summed E-state index contributed by atoms with van der Waals surface area (Å²) in [5.74, 6) is 0.631. The van der Waals surface area contributed by atoms with Crippen LogP contribution in [0.5, 0.6) is 0 Å². The largest absolute Gasteiger partial charge is 0.306 e. The molecule has 3 heterocycles. The zero-order valence-electron chi connectivity index (χ0n) is 15.5. The molecule has 0 saturated heterocycles. The Morgan fingerprint density at radius 2 is 2.14 bits per heavy atom. The van der Waals surface area contributed by atoms with Crippen LogP contribution in [0.15, 0.2) is 59.0 Å². The van der Waals surface area contributed by atoms with Crippen molar-refractivity contribution in [2.24, 2.45) is 0 Å². The molecule has 7 nitrogen and oxygen atoms in total. The van der Waals surface area contributed by atoms with E-state index < -0.39 is 0 Å². The first-order valence-electron chi connectivity index (χ1n) is 8.87. The van der Waals surface area contributed by atoms with Crippen LogP contribution in [0, 0.1) is 5.41 Å². The van der Waals surface area contributed by atoms with Crippen molar-refractivity contribution in [3.63, 3.8) is 0 Å². The molecule has 0 saturated carbocycles. The molecule has 1 aromatic carbocycles. The van der Waals surface area contributed by atoms with Gasteiger partial charge in [0, 0.05) is 46.1 Å². The average Bonchev–Trinajstić information content (AvgIpc) is 3.35. The summed E-state index contributed by atoms with van der Waals surface area (Å²) in [6.45, 7) is 4.62. The van der Waals surface area contributed by atoms with Gasteiger partial charge in [0.1, 0.15) is 5.82 Å². The van der Waals surface area contributed by atoms with Gasteiger partial charge in [0.25, 0.3) is 0 Å². The minimum atomic E-state index is 0.466. The number of aryl methyl sites for hydroxylation is 1. The molecule has 0 aliphatic rings. The molecule has 0 aliphatic carbocycles. The number of nitrogens with zero attached hydrogens (tertiary/aromatic N) is 5. The van der Waals surface area contributed by atoms with Crippen molar-refractivity contribution in [1.29, 1.82) is 5.41 Å². The Morgan fingerprint density at radius 1 is 1.25 bits per heavy atom. The van der Waals surface area contributed by atoms with Gasteiger partial charge in [0.15, 0.2) is 0 Å². The van der Waals surface area contributed by atoms with E-state index in [0.717, 1.165) is 33.5 Å². The number of allylic oxidation sites excluding steroid dienone is 1. The summed E-state index contributed by atoms with van der Waals surface area (Å²) in [7, 11) is 0. The maximum absolute atomic E-state index is 7.43. The number of benzene rings is 1. The summed E-state index contributed by atoms with van der Waals surface area (Å²) >= 11 is 1.48. The average molecular weight is 389 g/mol. The summed E-state index contributed by atoms with van der Waals surface area (Å²) in [6.07, 6.45) is 9.19. The van der Waals surface area contributed by atoms with E-state index in [4.69, 9.17) is 5.41 Å². The summed E-state index contributed by atoms with van der Waals surface area (Å²) in [5.41, 5.74) is 3.51. The van der Waals surface area contributed by atoms with Gasteiger partial charge >= 0.3 is 0 Å². The van der Waals surface area contributed by atoms with Crippen molar-refractivity contribution in [3.8, 4) is 11.1 Å². The lowest BCUT2D eigenvalue weighted by Crippen LogP contribution is -1.92. The Bertz CT molecular complexity index is 1170. The van der Waals surface area contributed by atoms with Gasteiger partial charge in [-0.05, 0) is 62.0 Å². The van der Waals surface area contributed by atoms with Crippen LogP contribution in [0.2, 0.25) is 0 Å². The molecule has 8 heteroatoms. The van der Waals surface area contributed by atoms with Gasteiger partial charge in [0.2, 0.25) is 5.16 Å². The molecular formula is C20H19N7S. The maximum atomic E-state index is 7.43. The highest BCUT2D eigenvalue weighted by Crippen LogP contribution is 2.29. The Kier molecular flexibility index (Phi) is 5.03. The third kappa shape index (κ3) is 4.01. The fraction of sp³-hybridized carbons (Fsp3) is 0.150. The fourth-order valence-corrected chi connectivity index (χ4v) is 3.47. The normalized spacial score (nSPS) is 11.5. The Balaban J connectivity index is 1.59. The van der Waals surface area contributed by atoms with Gasteiger partial charge in [0.05, 0.1) is 11.7 Å². The third-order valence-electron chi connectivity index (χ3n) is 4.13. The molecule has 0 radical (unpaired) electrons. The van der Waals surface area contributed by atoms with Crippen LogP contribution in [0.1, 0.15) is 19.7 Å². The molecule has 0 amide bonds. The molecular weight excluding hydrogens is 370 g/mol. The van der Waals surface area contributed by atoms with Crippen molar-refractivity contribution in [2.75, 3.05) is 0 Å². The number of aromatic nitrogens is 6. The summed E-state index contributed by atoms with van der Waals surface area (Å²) in [5, 5.41) is 20.6. The molecule has 28 heavy (non-hydrogen) atoms. The number of aromatic amines is 1. The topological polar surface area (TPSA) is 96.1 Å². The molecule has 0 fully saturated rings. The monoisotopic (exact) mass is 389 g/mol. The number of nitrogens with one attached hydrogen (secondary N) is 2. The number of hydrogen-bond acceptors (Lipinski definition) is 6. The van der Waals surface area contributed by atoms with Crippen molar-refractivity contribution < 1.29 is 0 Å². The Morgan fingerprint density at radius 3 is 2.93 bits per heavy atom. The van der Waals surface area contributed by atoms with E-state index in [9.17, 15) is 0 Å². The highest BCUT2D eigenvalue weighted by atomic mass is 32.2. The second kappa shape index (κ2) is 7.77. The van der Waals surface area contributed by atoms with Crippen LogP contribution in [0.25, 0.3) is 28.1 Å². The van der Waals surface area contributed by atoms with Crippen molar-refractivity contribution >= 4 is 34.5 Å². The summed E-state index contributed by atoms with van der Waals surface area (Å²) in [4.78, 5) is 10.0. The van der Waals surface area contributed by atoms with E-state index in [1.54, 1.807) is 19.1 Å². The molecule has 0 spiro atoms. The first-order chi connectivity index (χ1) is 13.6. The van der Waals surface area contributed by atoms with Crippen LogP contribution in [0.3, 0.4) is 0 Å². The minimum Gasteiger partial charge on any atom is -0.306 e. The predicted octanol–water partition coefficient (Wildman–Crippen LogP) is 4.44. The second-order valence-electron chi connectivity index (χ2n) is 6.28. The Labute approximate surface area is 166 Å². The van der Waals surface area contributed by atoms with Crippen molar-refractivity contribution in [2.45, 2.75) is 30.4 Å². The van der Waals surface area contributed by atoms with Crippen LogP contribution in [-0.4, -0.2) is 35.7 Å². The Hall–Kier alpha value is -3.26. The lowest BCUT2D eigenvalue weighted by atomic mass is 10.1. The van der Waals surface area contributed by atoms with Crippen molar-refractivity contribution in [3.05, 3.63) is 54.8 Å². The third-order valence-corrected chi connectivity index (χ3v) is 4.98. The first kappa shape index (κ1) is 18.1.